The highest BCUT2D eigenvalue weighted by Crippen LogP contribution is 2.36. The van der Waals surface area contributed by atoms with Crippen molar-refractivity contribution in [2.24, 2.45) is 13.0 Å². The summed E-state index contributed by atoms with van der Waals surface area (Å²) in [6.07, 6.45) is 4.73. The van der Waals surface area contributed by atoms with E-state index in [4.69, 9.17) is 9.84 Å². The first-order valence-corrected chi connectivity index (χ1v) is 24.7. The monoisotopic (exact) mass is 943 g/mol. The van der Waals surface area contributed by atoms with Crippen LogP contribution in [0.4, 0.5) is 16.6 Å². The van der Waals surface area contributed by atoms with E-state index in [-0.39, 0.29) is 30.0 Å². The third-order valence-electron chi connectivity index (χ3n) is 14.4. The molecule has 3 N–H and O–H groups in total. The molecule has 0 saturated carbocycles. The average Bonchev–Trinajstić information content (AvgIpc) is 4.10. The van der Waals surface area contributed by atoms with Gasteiger partial charge in [-0.2, -0.15) is 5.10 Å². The Morgan fingerprint density at radius 3 is 2.57 bits per heavy atom. The zero-order chi connectivity index (χ0) is 47.2. The maximum Gasteiger partial charge on any atom is 0.354 e. The molecule has 3 aromatic heterocycles. The van der Waals surface area contributed by atoms with Gasteiger partial charge in [0.2, 0.25) is 11.8 Å². The smallest absolute Gasteiger partial charge is 0.354 e. The number of para-hydroxylation sites is 1. The number of nitrogens with one attached hydrogen (secondary N) is 2. The zero-order valence-corrected chi connectivity index (χ0v) is 39.2. The van der Waals surface area contributed by atoms with Crippen molar-refractivity contribution in [1.29, 1.82) is 0 Å². The molecule has 352 valence electrons. The lowest BCUT2D eigenvalue weighted by molar-refractivity contribution is -0.134. The maximum atomic E-state index is 13.6. The number of likely N-dealkylation sites (tertiary alicyclic amines) is 1. The number of hydrogen-bond acceptors (Lipinski definition) is 12. The van der Waals surface area contributed by atoms with Gasteiger partial charge < -0.3 is 24.5 Å². The van der Waals surface area contributed by atoms with Crippen LogP contribution in [0.2, 0.25) is 0 Å². The molecule has 4 aliphatic rings. The number of aromatic carboxylic acids is 1. The fourth-order valence-corrected chi connectivity index (χ4v) is 11.6. The summed E-state index contributed by atoms with van der Waals surface area (Å²) >= 11 is 1.43. The Morgan fingerprint density at radius 1 is 0.870 bits per heavy atom. The van der Waals surface area contributed by atoms with Crippen LogP contribution < -0.4 is 25.2 Å². The van der Waals surface area contributed by atoms with Crippen LogP contribution in [0.3, 0.4) is 0 Å². The van der Waals surface area contributed by atoms with Crippen LogP contribution in [-0.2, 0) is 36.2 Å². The topological polar surface area (TPSA) is 175 Å². The second-order valence-corrected chi connectivity index (χ2v) is 19.8. The summed E-state index contributed by atoms with van der Waals surface area (Å²) < 4.78 is 9.12. The number of piperidine rings is 2. The number of amides is 3. The first-order chi connectivity index (χ1) is 33.6. The third-order valence-corrected chi connectivity index (χ3v) is 15.4. The van der Waals surface area contributed by atoms with Gasteiger partial charge in [0.25, 0.3) is 5.91 Å². The molecule has 4 aliphatic heterocycles. The Hall–Kier alpha value is -7.17. The number of carboxylic acid groups (broad SMARTS) is 1. The number of thiazole rings is 1. The lowest BCUT2D eigenvalue weighted by Gasteiger charge is -2.34. The Labute approximate surface area is 403 Å². The molecule has 0 spiro atoms. The molecule has 16 heteroatoms. The molecule has 4 aromatic carbocycles. The van der Waals surface area contributed by atoms with Crippen molar-refractivity contribution in [3.05, 3.63) is 136 Å². The first kappa shape index (κ1) is 44.3. The molecule has 3 fully saturated rings. The minimum Gasteiger partial charge on any atom is -0.489 e. The van der Waals surface area contributed by atoms with Gasteiger partial charge in [0.15, 0.2) is 10.8 Å². The number of carbonyl (C=O) groups is 4. The molecule has 7 aromatic rings. The van der Waals surface area contributed by atoms with Crippen LogP contribution in [0.25, 0.3) is 21.1 Å². The van der Waals surface area contributed by atoms with E-state index in [1.165, 1.54) is 22.6 Å². The van der Waals surface area contributed by atoms with Crippen molar-refractivity contribution >= 4 is 72.8 Å². The average molecular weight is 944 g/mol. The fraction of sp³-hybridized carbons (Fsp3) is 0.340. The van der Waals surface area contributed by atoms with Gasteiger partial charge in [0, 0.05) is 68.4 Å². The lowest BCUT2D eigenvalue weighted by Crippen LogP contribution is -2.39. The van der Waals surface area contributed by atoms with Gasteiger partial charge in [0.1, 0.15) is 18.2 Å². The second kappa shape index (κ2) is 18.7. The number of anilines is 3. The van der Waals surface area contributed by atoms with Gasteiger partial charge in [-0.25, -0.2) is 14.8 Å². The van der Waals surface area contributed by atoms with Gasteiger partial charge in [-0.05, 0) is 134 Å². The normalized spacial score (nSPS) is 19.0. The maximum absolute atomic E-state index is 13.6. The molecule has 7 heterocycles. The largest absolute Gasteiger partial charge is 0.489 e. The predicted molar refractivity (Wildman–Crippen MR) is 265 cm³/mol. The summed E-state index contributed by atoms with van der Waals surface area (Å²) in [6, 6.07) is 31.8. The Kier molecular flexibility index (Phi) is 12.0. The number of pyridine rings is 1. The van der Waals surface area contributed by atoms with E-state index in [0.29, 0.717) is 72.0 Å². The summed E-state index contributed by atoms with van der Waals surface area (Å²) in [5.41, 5.74) is 7.94. The summed E-state index contributed by atoms with van der Waals surface area (Å²) in [7, 11) is 1.92. The number of fused-ring (bicyclic) bond motifs is 3. The van der Waals surface area contributed by atoms with Crippen LogP contribution >= 0.6 is 11.3 Å². The highest BCUT2D eigenvalue weighted by molar-refractivity contribution is 7.22. The van der Waals surface area contributed by atoms with Gasteiger partial charge in [0.05, 0.1) is 27.3 Å². The number of hydrogen-bond donors (Lipinski definition) is 3. The molecular weight excluding hydrogens is 891 g/mol. The van der Waals surface area contributed by atoms with Crippen LogP contribution in [-0.4, -0.2) is 92.7 Å². The number of carbonyl (C=O) groups excluding carboxylic acids is 3. The van der Waals surface area contributed by atoms with E-state index in [2.05, 4.69) is 60.7 Å². The SMILES string of the molecule is Cn1nc(C2CCC(=O)NC2=O)c2ccc(N3CCC(CN4CCC(c5cccc(OCc6ccc(N7CCc8cccc(C(=O)Nc9nc%10ccccc%10s9)c8C7)nc6C(=O)O)c5)CC4)C3)cc21. The molecule has 15 nitrogen and oxygen atoms in total. The minimum absolute atomic E-state index is 0.0517. The van der Waals surface area contributed by atoms with E-state index < -0.39 is 11.9 Å². The number of aromatic nitrogens is 4. The number of ether oxygens (including phenoxy) is 1. The number of nitrogens with zero attached hydrogens (tertiary/aromatic N) is 7. The van der Waals surface area contributed by atoms with E-state index in [1.54, 1.807) is 6.07 Å². The molecule has 0 bridgehead atoms. The Balaban J connectivity index is 0.680. The van der Waals surface area contributed by atoms with Crippen molar-refractivity contribution < 1.29 is 29.0 Å². The zero-order valence-electron chi connectivity index (χ0n) is 38.4. The van der Waals surface area contributed by atoms with Crippen LogP contribution in [0, 0.1) is 5.92 Å². The Bertz CT molecular complexity index is 3110. The highest BCUT2D eigenvalue weighted by Gasteiger charge is 2.33. The van der Waals surface area contributed by atoms with E-state index in [1.807, 2.05) is 77.3 Å². The number of rotatable bonds is 12. The molecule has 0 radical (unpaired) electrons. The molecule has 0 aliphatic carbocycles. The summed E-state index contributed by atoms with van der Waals surface area (Å²) in [6.45, 7) is 6.21. The summed E-state index contributed by atoms with van der Waals surface area (Å²) in [5.74, 6) is -0.0509. The van der Waals surface area contributed by atoms with E-state index in [0.717, 1.165) is 89.9 Å². The number of imide groups is 1. The number of benzene rings is 4. The molecule has 2 unspecified atom stereocenters. The number of aryl methyl sites for hydroxylation is 1. The molecule has 69 heavy (non-hydrogen) atoms. The van der Waals surface area contributed by atoms with Gasteiger partial charge >= 0.3 is 5.97 Å². The van der Waals surface area contributed by atoms with Gasteiger partial charge in [-0.3, -0.25) is 29.7 Å². The fourth-order valence-electron chi connectivity index (χ4n) is 10.8. The van der Waals surface area contributed by atoms with Crippen molar-refractivity contribution in [3.8, 4) is 5.75 Å². The van der Waals surface area contributed by atoms with Gasteiger partial charge in [-0.1, -0.05) is 47.7 Å². The van der Waals surface area contributed by atoms with Gasteiger partial charge in [-0.15, -0.1) is 0 Å². The van der Waals surface area contributed by atoms with E-state index in [9.17, 15) is 24.3 Å². The predicted octanol–water partition coefficient (Wildman–Crippen LogP) is 7.90. The molecule has 2 atom stereocenters. The Morgan fingerprint density at radius 2 is 1.72 bits per heavy atom. The summed E-state index contributed by atoms with van der Waals surface area (Å²) in [4.78, 5) is 66.9. The van der Waals surface area contributed by atoms with Crippen molar-refractivity contribution in [2.45, 2.75) is 63.5 Å². The number of carboxylic acids is 1. The molecule has 3 amide bonds. The summed E-state index contributed by atoms with van der Waals surface area (Å²) in [5, 5.41) is 22.0. The first-order valence-electron chi connectivity index (χ1n) is 23.9. The quantitative estimate of drug-likeness (QED) is 0.101. The van der Waals surface area contributed by atoms with E-state index >= 15 is 0 Å². The molecule has 11 rings (SSSR count). The van der Waals surface area contributed by atoms with Crippen molar-refractivity contribution in [2.75, 3.05) is 54.4 Å². The van der Waals surface area contributed by atoms with Crippen LogP contribution in [0.5, 0.6) is 5.75 Å². The van der Waals surface area contributed by atoms with Crippen molar-refractivity contribution in [1.82, 2.24) is 30.0 Å². The molecular formula is C53H53N9O6S. The highest BCUT2D eigenvalue weighted by atomic mass is 32.1. The van der Waals surface area contributed by atoms with Crippen LogP contribution in [0.15, 0.2) is 97.1 Å². The van der Waals surface area contributed by atoms with Crippen LogP contribution in [0.1, 0.15) is 92.7 Å². The standard InChI is InChI=1S/C53H53N9O6S/c1-59-44-27-37(13-14-40(44)49(58-59)41-15-17-47(63)56-51(41)65)61-24-18-32(29-61)28-60-22-19-33(20-23-60)35-7-4-8-38(26-35)68-31-36-12-16-46(55-48(36)52(66)67)62-25-21-34-6-5-9-39(42(34)30-62)50(64)57-53-54-43-10-2-3-11-45(43)69-53/h2-14,16,26-27,32-33,41H,15,17-25,28-31H2,1H3,(H,66,67)(H,54,57,64)(H,56,63,65). The third kappa shape index (κ3) is 9.13. The molecule has 3 saturated heterocycles. The van der Waals surface area contributed by atoms with Crippen molar-refractivity contribution in [3.63, 3.8) is 0 Å². The minimum atomic E-state index is -1.12. The lowest BCUT2D eigenvalue weighted by atomic mass is 9.89. The second-order valence-electron chi connectivity index (χ2n) is 18.8.